The summed E-state index contributed by atoms with van der Waals surface area (Å²) < 4.78 is 0. The van der Waals surface area contributed by atoms with Gasteiger partial charge in [0.2, 0.25) is 0 Å². The van der Waals surface area contributed by atoms with Crippen LogP contribution in [0.25, 0.3) is 0 Å². The number of carbonyl (C=O) groups excluding carboxylic acids is 1. The summed E-state index contributed by atoms with van der Waals surface area (Å²) in [5, 5.41) is 17.3. The molecule has 14 heavy (non-hydrogen) atoms. The predicted octanol–water partition coefficient (Wildman–Crippen LogP) is 0.290. The quantitative estimate of drug-likeness (QED) is 0.671. The van der Waals surface area contributed by atoms with Crippen molar-refractivity contribution in [2.75, 3.05) is 0 Å². The monoisotopic (exact) mass is 195 g/mol. The number of nitrogens with zero attached hydrogens (tertiary/aromatic N) is 1. The molecule has 6 heteroatoms. The van der Waals surface area contributed by atoms with Gasteiger partial charge in [-0.3, -0.25) is 9.78 Å². The number of hydrogen-bond acceptors (Lipinski definition) is 4. The Hall–Kier alpha value is -2.24. The van der Waals surface area contributed by atoms with Crippen molar-refractivity contribution in [2.24, 2.45) is 0 Å². The van der Waals surface area contributed by atoms with E-state index in [9.17, 15) is 14.4 Å². The first kappa shape index (κ1) is 9.85. The maximum atomic E-state index is 10.7. The zero-order chi connectivity index (χ0) is 10.7. The molecule has 0 saturated carbocycles. The first-order valence-corrected chi connectivity index (χ1v) is 3.47. The lowest BCUT2D eigenvalue weighted by atomic mass is 10.1. The Balaban J connectivity index is 3.51. The van der Waals surface area contributed by atoms with E-state index in [1.54, 1.807) is 0 Å². The molecule has 0 atom stereocenters. The Morgan fingerprint density at radius 3 is 2.29 bits per heavy atom. The van der Waals surface area contributed by atoms with Crippen LogP contribution in [-0.4, -0.2) is 33.4 Å². The van der Waals surface area contributed by atoms with E-state index >= 15 is 0 Å². The van der Waals surface area contributed by atoms with Crippen molar-refractivity contribution < 1.29 is 24.6 Å². The lowest BCUT2D eigenvalue weighted by Gasteiger charge is -2.02. The third-order valence-electron chi connectivity index (χ3n) is 1.55. The molecule has 6 nitrogen and oxygen atoms in total. The van der Waals surface area contributed by atoms with Gasteiger partial charge < -0.3 is 10.2 Å². The Labute approximate surface area is 77.8 Å². The third-order valence-corrected chi connectivity index (χ3v) is 1.55. The number of carboxylic acid groups (broad SMARTS) is 2. The van der Waals surface area contributed by atoms with E-state index in [1.807, 2.05) is 0 Å². The van der Waals surface area contributed by atoms with Crippen molar-refractivity contribution in [1.29, 1.82) is 0 Å². The van der Waals surface area contributed by atoms with Crippen molar-refractivity contribution in [3.8, 4) is 0 Å². The Bertz CT molecular complexity index is 412. The number of pyridine rings is 1. The number of aromatic carboxylic acids is 2. The van der Waals surface area contributed by atoms with Crippen LogP contribution in [0.5, 0.6) is 0 Å². The molecule has 0 aliphatic heterocycles. The minimum atomic E-state index is -1.47. The summed E-state index contributed by atoms with van der Waals surface area (Å²) in [6, 6.07) is 0. The number of aldehydes is 1. The Morgan fingerprint density at radius 2 is 1.86 bits per heavy atom. The molecule has 72 valence electrons. The lowest BCUT2D eigenvalue weighted by Crippen LogP contribution is -2.11. The van der Waals surface area contributed by atoms with E-state index in [0.29, 0.717) is 0 Å². The van der Waals surface area contributed by atoms with E-state index in [0.717, 1.165) is 12.4 Å². The van der Waals surface area contributed by atoms with Crippen LogP contribution < -0.4 is 0 Å². The van der Waals surface area contributed by atoms with Crippen LogP contribution in [0.1, 0.15) is 31.1 Å². The molecule has 0 aromatic carbocycles. The molecule has 0 fully saturated rings. The molecule has 1 heterocycles. The highest BCUT2D eigenvalue weighted by atomic mass is 16.4. The van der Waals surface area contributed by atoms with Gasteiger partial charge in [-0.2, -0.15) is 0 Å². The first-order chi connectivity index (χ1) is 6.57. The number of aromatic nitrogens is 1. The second-order valence-corrected chi connectivity index (χ2v) is 2.38. The fourth-order valence-electron chi connectivity index (χ4n) is 0.967. The van der Waals surface area contributed by atoms with Gasteiger partial charge in [0.1, 0.15) is 0 Å². The molecule has 1 rings (SSSR count). The standard InChI is InChI=1S/C8H5NO5/c10-3-4-1-9-2-5(7(11)12)6(4)8(13)14/h1-3H,(H,11,12)(H,13,14). The Kier molecular flexibility index (Phi) is 2.57. The predicted molar refractivity (Wildman–Crippen MR) is 43.5 cm³/mol. The van der Waals surface area contributed by atoms with Crippen LogP contribution in [-0.2, 0) is 0 Å². The van der Waals surface area contributed by atoms with Gasteiger partial charge in [0.15, 0.2) is 6.29 Å². The van der Waals surface area contributed by atoms with Gasteiger partial charge in [0.25, 0.3) is 0 Å². The largest absolute Gasteiger partial charge is 0.478 e. The van der Waals surface area contributed by atoms with Gasteiger partial charge in [-0.05, 0) is 0 Å². The van der Waals surface area contributed by atoms with Crippen LogP contribution in [0.3, 0.4) is 0 Å². The maximum Gasteiger partial charge on any atom is 0.338 e. The highest BCUT2D eigenvalue weighted by Gasteiger charge is 2.19. The zero-order valence-corrected chi connectivity index (χ0v) is 6.80. The molecule has 1 aromatic heterocycles. The van der Waals surface area contributed by atoms with Crippen LogP contribution in [0.2, 0.25) is 0 Å². The number of hydrogen-bond donors (Lipinski definition) is 2. The average Bonchev–Trinajstić information content (AvgIpc) is 2.16. The van der Waals surface area contributed by atoms with Crippen molar-refractivity contribution in [3.63, 3.8) is 0 Å². The number of carbonyl (C=O) groups is 3. The average molecular weight is 195 g/mol. The summed E-state index contributed by atoms with van der Waals surface area (Å²) in [4.78, 5) is 35.1. The van der Waals surface area contributed by atoms with E-state index < -0.39 is 23.1 Å². The van der Waals surface area contributed by atoms with Crippen LogP contribution in [0.4, 0.5) is 0 Å². The number of rotatable bonds is 3. The molecule has 2 N–H and O–H groups in total. The highest BCUT2D eigenvalue weighted by molar-refractivity contribution is 6.06. The zero-order valence-electron chi connectivity index (χ0n) is 6.80. The minimum Gasteiger partial charge on any atom is -0.478 e. The smallest absolute Gasteiger partial charge is 0.338 e. The SMILES string of the molecule is O=Cc1cncc(C(=O)O)c1C(=O)O. The van der Waals surface area contributed by atoms with Gasteiger partial charge in [0.05, 0.1) is 11.1 Å². The maximum absolute atomic E-state index is 10.7. The van der Waals surface area contributed by atoms with E-state index in [2.05, 4.69) is 4.98 Å². The molecular formula is C8H5NO5. The van der Waals surface area contributed by atoms with E-state index in [-0.39, 0.29) is 11.8 Å². The fourth-order valence-corrected chi connectivity index (χ4v) is 0.967. The molecule has 0 amide bonds. The summed E-state index contributed by atoms with van der Waals surface area (Å²) in [7, 11) is 0. The molecule has 0 saturated heterocycles. The third kappa shape index (κ3) is 1.58. The normalized spacial score (nSPS) is 9.43. The summed E-state index contributed by atoms with van der Waals surface area (Å²) >= 11 is 0. The lowest BCUT2D eigenvalue weighted by molar-refractivity contribution is 0.0649. The minimum absolute atomic E-state index is 0.252. The molecule has 1 aromatic rings. The molecule has 0 bridgehead atoms. The van der Waals surface area contributed by atoms with Crippen molar-refractivity contribution in [1.82, 2.24) is 4.98 Å². The summed E-state index contributed by atoms with van der Waals surface area (Å²) in [6.07, 6.45) is 2.14. The second-order valence-electron chi connectivity index (χ2n) is 2.38. The molecule has 0 unspecified atom stereocenters. The van der Waals surface area contributed by atoms with Gasteiger partial charge in [-0.1, -0.05) is 0 Å². The summed E-state index contributed by atoms with van der Waals surface area (Å²) in [5.41, 5.74) is -1.29. The van der Waals surface area contributed by atoms with Crippen LogP contribution in [0.15, 0.2) is 12.4 Å². The molecule has 0 aliphatic rings. The molecule has 0 spiro atoms. The fraction of sp³-hybridized carbons (Fsp3) is 0. The highest BCUT2D eigenvalue weighted by Crippen LogP contribution is 2.11. The van der Waals surface area contributed by atoms with Gasteiger partial charge >= 0.3 is 11.9 Å². The van der Waals surface area contributed by atoms with Crippen molar-refractivity contribution in [3.05, 3.63) is 29.1 Å². The topological polar surface area (TPSA) is 105 Å². The van der Waals surface area contributed by atoms with Gasteiger partial charge in [-0.15, -0.1) is 0 Å². The van der Waals surface area contributed by atoms with E-state index in [4.69, 9.17) is 10.2 Å². The Morgan fingerprint density at radius 1 is 1.21 bits per heavy atom. The van der Waals surface area contributed by atoms with Gasteiger partial charge in [-0.25, -0.2) is 9.59 Å². The van der Waals surface area contributed by atoms with Crippen LogP contribution in [0, 0.1) is 0 Å². The van der Waals surface area contributed by atoms with Gasteiger partial charge in [0, 0.05) is 18.0 Å². The summed E-state index contributed by atoms with van der Waals surface area (Å²) in [6.45, 7) is 0. The van der Waals surface area contributed by atoms with Crippen molar-refractivity contribution in [2.45, 2.75) is 0 Å². The summed E-state index contributed by atoms with van der Waals surface area (Å²) in [5.74, 6) is -2.90. The molecule has 0 radical (unpaired) electrons. The molecular weight excluding hydrogens is 190 g/mol. The first-order valence-electron chi connectivity index (χ1n) is 3.47. The molecule has 0 aliphatic carbocycles. The van der Waals surface area contributed by atoms with Crippen molar-refractivity contribution >= 4 is 18.2 Å². The second kappa shape index (κ2) is 3.65. The van der Waals surface area contributed by atoms with E-state index in [1.165, 1.54) is 0 Å². The number of carboxylic acids is 2. The van der Waals surface area contributed by atoms with Crippen LogP contribution >= 0.6 is 0 Å².